The van der Waals surface area contributed by atoms with Crippen molar-refractivity contribution in [3.8, 4) is 11.1 Å². The van der Waals surface area contributed by atoms with Crippen LogP contribution in [-0.2, 0) is 21.0 Å². The second kappa shape index (κ2) is 9.99. The van der Waals surface area contributed by atoms with Gasteiger partial charge in [-0.3, -0.25) is 18.7 Å². The summed E-state index contributed by atoms with van der Waals surface area (Å²) in [5.41, 5.74) is -2.28. The zero-order valence-corrected chi connectivity index (χ0v) is 19.2. The number of halogens is 2. The maximum absolute atomic E-state index is 14.0. The van der Waals surface area contributed by atoms with Gasteiger partial charge in [0, 0.05) is 25.2 Å². The van der Waals surface area contributed by atoms with Gasteiger partial charge in [-0.05, 0) is 33.8 Å². The Morgan fingerprint density at radius 3 is 2.47 bits per heavy atom. The smallest absolute Gasteiger partial charge is 0.407 e. The van der Waals surface area contributed by atoms with E-state index in [1.807, 2.05) is 0 Å². The van der Waals surface area contributed by atoms with E-state index in [1.165, 1.54) is 26.0 Å². The van der Waals surface area contributed by atoms with Crippen LogP contribution in [0.25, 0.3) is 11.1 Å². The molecule has 0 saturated carbocycles. The Kier molecular flexibility index (Phi) is 7.84. The largest absolute Gasteiger partial charge is 0.444 e. The SMILES string of the molecule is CC(=O)OCn1cc(-c2cccc(F)c2Cl)c(=O)n(C(C)CNC(=O)OC(C)(C)C)c1=O. The van der Waals surface area contributed by atoms with E-state index in [0.717, 1.165) is 21.4 Å². The predicted molar refractivity (Wildman–Crippen MR) is 116 cm³/mol. The monoisotopic (exact) mass is 469 g/mol. The van der Waals surface area contributed by atoms with Gasteiger partial charge in [0.15, 0.2) is 6.73 Å². The van der Waals surface area contributed by atoms with Crippen molar-refractivity contribution in [2.75, 3.05) is 6.54 Å². The quantitative estimate of drug-likeness (QED) is 0.651. The van der Waals surface area contributed by atoms with Gasteiger partial charge in [-0.2, -0.15) is 0 Å². The second-order valence-electron chi connectivity index (χ2n) is 8.07. The molecule has 0 bridgehead atoms. The van der Waals surface area contributed by atoms with Gasteiger partial charge < -0.3 is 14.8 Å². The molecule has 32 heavy (non-hydrogen) atoms. The highest BCUT2D eigenvalue weighted by Crippen LogP contribution is 2.27. The number of esters is 1. The number of alkyl carbamates (subject to hydrolysis) is 1. The molecule has 2 aromatic rings. The number of ether oxygens (including phenoxy) is 2. The molecule has 11 heteroatoms. The minimum atomic E-state index is -0.821. The van der Waals surface area contributed by atoms with Crippen molar-refractivity contribution < 1.29 is 23.5 Å². The minimum absolute atomic E-state index is 0.0642. The van der Waals surface area contributed by atoms with E-state index in [-0.39, 0.29) is 22.7 Å². The highest BCUT2D eigenvalue weighted by atomic mass is 35.5. The highest BCUT2D eigenvalue weighted by Gasteiger charge is 2.22. The summed E-state index contributed by atoms with van der Waals surface area (Å²) in [7, 11) is 0. The molecule has 1 heterocycles. The van der Waals surface area contributed by atoms with Crippen LogP contribution >= 0.6 is 11.6 Å². The lowest BCUT2D eigenvalue weighted by atomic mass is 10.1. The van der Waals surface area contributed by atoms with Crippen LogP contribution < -0.4 is 16.6 Å². The molecule has 1 N–H and O–H groups in total. The predicted octanol–water partition coefficient (Wildman–Crippen LogP) is 3.08. The average molecular weight is 470 g/mol. The molecule has 1 atom stereocenters. The van der Waals surface area contributed by atoms with Crippen LogP contribution in [0.2, 0.25) is 5.02 Å². The molecule has 0 aliphatic carbocycles. The van der Waals surface area contributed by atoms with Crippen LogP contribution in [0.3, 0.4) is 0 Å². The number of nitrogens with one attached hydrogen (secondary N) is 1. The normalized spacial score (nSPS) is 12.2. The fraction of sp³-hybridized carbons (Fsp3) is 0.429. The van der Waals surface area contributed by atoms with Crippen molar-refractivity contribution in [1.29, 1.82) is 0 Å². The van der Waals surface area contributed by atoms with Gasteiger partial charge in [-0.1, -0.05) is 23.7 Å². The lowest BCUT2D eigenvalue weighted by molar-refractivity contribution is -0.144. The molecule has 0 spiro atoms. The first-order valence-corrected chi connectivity index (χ1v) is 10.1. The molecule has 9 nitrogen and oxygen atoms in total. The number of hydrogen-bond donors (Lipinski definition) is 1. The van der Waals surface area contributed by atoms with Crippen molar-refractivity contribution >= 4 is 23.7 Å². The van der Waals surface area contributed by atoms with Gasteiger partial charge in [0.25, 0.3) is 5.56 Å². The summed E-state index contributed by atoms with van der Waals surface area (Å²) >= 11 is 6.05. The van der Waals surface area contributed by atoms with Gasteiger partial charge in [0.1, 0.15) is 11.4 Å². The molecule has 1 aromatic carbocycles. The maximum atomic E-state index is 14.0. The maximum Gasteiger partial charge on any atom is 0.407 e. The fourth-order valence-electron chi connectivity index (χ4n) is 2.80. The Bertz CT molecular complexity index is 1140. The zero-order chi connectivity index (χ0) is 24.2. The molecule has 0 fully saturated rings. The Hall–Kier alpha value is -3.14. The zero-order valence-electron chi connectivity index (χ0n) is 18.4. The summed E-state index contributed by atoms with van der Waals surface area (Å²) in [5.74, 6) is -1.38. The van der Waals surface area contributed by atoms with Gasteiger partial charge in [0.2, 0.25) is 0 Å². The first-order chi connectivity index (χ1) is 14.8. The van der Waals surface area contributed by atoms with E-state index in [9.17, 15) is 23.6 Å². The Morgan fingerprint density at radius 2 is 1.88 bits per heavy atom. The molecule has 174 valence electrons. The molecule has 2 rings (SSSR count). The molecule has 0 aliphatic rings. The third kappa shape index (κ3) is 6.19. The van der Waals surface area contributed by atoms with E-state index in [2.05, 4.69) is 5.32 Å². The summed E-state index contributed by atoms with van der Waals surface area (Å²) in [4.78, 5) is 49.3. The first-order valence-electron chi connectivity index (χ1n) is 9.72. The Balaban J connectivity index is 2.53. The third-order valence-corrected chi connectivity index (χ3v) is 4.60. The summed E-state index contributed by atoms with van der Waals surface area (Å²) in [6.45, 7) is 7.20. The van der Waals surface area contributed by atoms with Crippen molar-refractivity contribution in [2.24, 2.45) is 0 Å². The van der Waals surface area contributed by atoms with Crippen molar-refractivity contribution in [3.05, 3.63) is 56.1 Å². The van der Waals surface area contributed by atoms with E-state index < -0.39 is 47.5 Å². The van der Waals surface area contributed by atoms with Crippen molar-refractivity contribution in [1.82, 2.24) is 14.5 Å². The van der Waals surface area contributed by atoms with Gasteiger partial charge in [-0.25, -0.2) is 14.0 Å². The number of carbonyl (C=O) groups excluding carboxylic acids is 2. The standard InChI is InChI=1S/C21H25ClFN3O6/c1-12(9-24-19(29)32-21(3,4)5)26-18(28)15(14-7-6-8-16(23)17(14)22)10-25(20(26)30)11-31-13(2)27/h6-8,10,12H,9,11H2,1-5H3,(H,24,29). The van der Waals surface area contributed by atoms with E-state index in [4.69, 9.17) is 21.1 Å². The van der Waals surface area contributed by atoms with Crippen LogP contribution in [0.5, 0.6) is 0 Å². The number of rotatable bonds is 6. The fourth-order valence-corrected chi connectivity index (χ4v) is 3.02. The van der Waals surface area contributed by atoms with Crippen LogP contribution in [0.15, 0.2) is 34.0 Å². The van der Waals surface area contributed by atoms with Crippen molar-refractivity contribution in [2.45, 2.75) is 53.0 Å². The number of benzene rings is 1. The number of carbonyl (C=O) groups is 2. The topological polar surface area (TPSA) is 109 Å². The summed E-state index contributed by atoms with van der Waals surface area (Å²) in [6, 6.07) is 3.11. The molecular weight excluding hydrogens is 445 g/mol. The van der Waals surface area contributed by atoms with E-state index >= 15 is 0 Å². The van der Waals surface area contributed by atoms with Crippen LogP contribution in [0.1, 0.15) is 40.7 Å². The molecule has 1 unspecified atom stereocenters. The summed E-state index contributed by atoms with van der Waals surface area (Å²) < 4.78 is 25.9. The van der Waals surface area contributed by atoms with Gasteiger partial charge >= 0.3 is 17.8 Å². The number of nitrogens with zero attached hydrogens (tertiary/aromatic N) is 2. The summed E-state index contributed by atoms with van der Waals surface area (Å²) in [6.07, 6.45) is 0.431. The molecule has 0 radical (unpaired) electrons. The second-order valence-corrected chi connectivity index (χ2v) is 8.45. The van der Waals surface area contributed by atoms with E-state index in [1.54, 1.807) is 20.8 Å². The van der Waals surface area contributed by atoms with Crippen molar-refractivity contribution in [3.63, 3.8) is 0 Å². The van der Waals surface area contributed by atoms with Crippen LogP contribution in [-0.4, -0.2) is 33.3 Å². The molecule has 1 amide bonds. The number of amides is 1. The molecular formula is C21H25ClFN3O6. The number of aromatic nitrogens is 2. The number of hydrogen-bond acceptors (Lipinski definition) is 6. The Morgan fingerprint density at radius 1 is 1.22 bits per heavy atom. The molecule has 1 aromatic heterocycles. The molecule has 0 aliphatic heterocycles. The van der Waals surface area contributed by atoms with Gasteiger partial charge in [0.05, 0.1) is 16.6 Å². The third-order valence-electron chi connectivity index (χ3n) is 4.22. The van der Waals surface area contributed by atoms with E-state index in [0.29, 0.717) is 0 Å². The Labute approximate surface area is 188 Å². The lowest BCUT2D eigenvalue weighted by Crippen LogP contribution is -2.45. The van der Waals surface area contributed by atoms with Crippen LogP contribution in [0, 0.1) is 5.82 Å². The summed E-state index contributed by atoms with van der Waals surface area (Å²) in [5, 5.41) is 2.20. The highest BCUT2D eigenvalue weighted by molar-refractivity contribution is 6.33. The average Bonchev–Trinajstić information content (AvgIpc) is 2.67. The first kappa shape index (κ1) is 25.1. The van der Waals surface area contributed by atoms with Crippen LogP contribution in [0.4, 0.5) is 9.18 Å². The molecule has 0 saturated heterocycles. The van der Waals surface area contributed by atoms with Gasteiger partial charge in [-0.15, -0.1) is 0 Å². The minimum Gasteiger partial charge on any atom is -0.444 e. The lowest BCUT2D eigenvalue weighted by Gasteiger charge is -2.22.